The van der Waals surface area contributed by atoms with Gasteiger partial charge in [-0.05, 0) is 42.5 Å². The molecule has 0 spiro atoms. The average Bonchev–Trinajstić information content (AvgIpc) is 2.46. The van der Waals surface area contributed by atoms with Gasteiger partial charge in [-0.3, -0.25) is 0 Å². The van der Waals surface area contributed by atoms with Crippen LogP contribution in [0.2, 0.25) is 0 Å². The molecule has 2 heteroatoms. The maximum absolute atomic E-state index is 9.26. The zero-order valence-electron chi connectivity index (χ0n) is 10.9. The van der Waals surface area contributed by atoms with E-state index >= 15 is 0 Å². The Hall–Kier alpha value is -2.27. The minimum absolute atomic E-state index is 0.0377. The van der Waals surface area contributed by atoms with Crippen molar-refractivity contribution >= 4 is 5.69 Å². The number of hydrogen-bond donors (Lipinski definition) is 1. The molecule has 0 saturated carbocycles. The molecule has 0 aliphatic carbocycles. The van der Waals surface area contributed by atoms with Crippen molar-refractivity contribution in [3.8, 4) is 6.07 Å². The first kappa shape index (κ1) is 13.2. The van der Waals surface area contributed by atoms with Crippen LogP contribution >= 0.6 is 0 Å². The van der Waals surface area contributed by atoms with E-state index in [1.165, 1.54) is 5.56 Å². The summed E-state index contributed by atoms with van der Waals surface area (Å²) in [4.78, 5) is 0. The Morgan fingerprint density at radius 3 is 2.32 bits per heavy atom. The highest BCUT2D eigenvalue weighted by atomic mass is 14.5. The molecule has 0 bridgehead atoms. The van der Waals surface area contributed by atoms with Crippen LogP contribution in [0, 0.1) is 11.3 Å². The number of anilines is 1. The third kappa shape index (κ3) is 3.86. The lowest BCUT2D eigenvalue weighted by Gasteiger charge is -2.09. The van der Waals surface area contributed by atoms with Gasteiger partial charge < -0.3 is 5.73 Å². The molecular weight excluding hydrogens is 232 g/mol. The summed E-state index contributed by atoms with van der Waals surface area (Å²) in [5, 5.41) is 9.26. The molecule has 2 aromatic rings. The van der Waals surface area contributed by atoms with Crippen LogP contribution in [0.3, 0.4) is 0 Å². The van der Waals surface area contributed by atoms with E-state index in [9.17, 15) is 5.26 Å². The van der Waals surface area contributed by atoms with Crippen LogP contribution < -0.4 is 5.73 Å². The van der Waals surface area contributed by atoms with Crippen LogP contribution in [-0.2, 0) is 6.42 Å². The topological polar surface area (TPSA) is 49.8 Å². The molecule has 0 radical (unpaired) electrons. The smallest absolute Gasteiger partial charge is 0.0712 e. The number of nitrogens with zero attached hydrogens (tertiary/aromatic N) is 1. The Kier molecular flexibility index (Phi) is 4.58. The quantitative estimate of drug-likeness (QED) is 0.818. The predicted octanol–water partition coefficient (Wildman–Crippen LogP) is 3.90. The third-order valence-electron chi connectivity index (χ3n) is 3.30. The summed E-state index contributed by atoms with van der Waals surface area (Å²) >= 11 is 0. The van der Waals surface area contributed by atoms with Crippen molar-refractivity contribution in [3.05, 3.63) is 65.7 Å². The van der Waals surface area contributed by atoms with Gasteiger partial charge in [-0.1, -0.05) is 42.5 Å². The van der Waals surface area contributed by atoms with Gasteiger partial charge >= 0.3 is 0 Å². The molecule has 0 aromatic heterocycles. The SMILES string of the molecule is N#CC(CCCc1ccccc1)c1ccc(N)cc1. The van der Waals surface area contributed by atoms with Crippen molar-refractivity contribution in [2.24, 2.45) is 0 Å². The second-order valence-electron chi connectivity index (χ2n) is 4.73. The highest BCUT2D eigenvalue weighted by Crippen LogP contribution is 2.22. The largest absolute Gasteiger partial charge is 0.399 e. The highest BCUT2D eigenvalue weighted by Gasteiger charge is 2.09. The molecule has 0 saturated heterocycles. The molecule has 2 N–H and O–H groups in total. The number of aryl methyl sites for hydroxylation is 1. The average molecular weight is 250 g/mol. The van der Waals surface area contributed by atoms with E-state index in [1.807, 2.05) is 30.3 Å². The summed E-state index contributed by atoms with van der Waals surface area (Å²) in [5.74, 6) is -0.0377. The fourth-order valence-electron chi connectivity index (χ4n) is 2.19. The standard InChI is InChI=1S/C17H18N2/c18-13-16(15-9-11-17(19)12-10-15)8-4-7-14-5-2-1-3-6-14/h1-3,5-6,9-12,16H,4,7-8,19H2. The normalized spacial score (nSPS) is 11.7. The maximum atomic E-state index is 9.26. The fourth-order valence-corrected chi connectivity index (χ4v) is 2.19. The lowest BCUT2D eigenvalue weighted by molar-refractivity contribution is 0.684. The number of benzene rings is 2. The van der Waals surface area contributed by atoms with Crippen molar-refractivity contribution in [3.63, 3.8) is 0 Å². The van der Waals surface area contributed by atoms with Crippen LogP contribution in [0.5, 0.6) is 0 Å². The molecule has 2 aromatic carbocycles. The summed E-state index contributed by atoms with van der Waals surface area (Å²) in [7, 11) is 0. The van der Waals surface area contributed by atoms with Gasteiger partial charge in [-0.25, -0.2) is 0 Å². The van der Waals surface area contributed by atoms with Gasteiger partial charge in [0.1, 0.15) is 0 Å². The van der Waals surface area contributed by atoms with Gasteiger partial charge in [0.25, 0.3) is 0 Å². The molecule has 0 heterocycles. The van der Waals surface area contributed by atoms with Gasteiger partial charge in [-0.15, -0.1) is 0 Å². The van der Waals surface area contributed by atoms with E-state index in [4.69, 9.17) is 5.73 Å². The molecular formula is C17H18N2. The summed E-state index contributed by atoms with van der Waals surface area (Å²) in [6, 6.07) is 20.4. The second-order valence-corrected chi connectivity index (χ2v) is 4.73. The predicted molar refractivity (Wildman–Crippen MR) is 78.6 cm³/mol. The van der Waals surface area contributed by atoms with Crippen molar-refractivity contribution in [2.45, 2.75) is 25.2 Å². The highest BCUT2D eigenvalue weighted by molar-refractivity contribution is 5.41. The monoisotopic (exact) mass is 250 g/mol. The van der Waals surface area contributed by atoms with Crippen molar-refractivity contribution in [1.29, 1.82) is 5.26 Å². The fraction of sp³-hybridized carbons (Fsp3) is 0.235. The molecule has 1 atom stereocenters. The van der Waals surface area contributed by atoms with Crippen LogP contribution in [-0.4, -0.2) is 0 Å². The summed E-state index contributed by atoms with van der Waals surface area (Å²) in [6.07, 6.45) is 2.93. The zero-order valence-corrected chi connectivity index (χ0v) is 10.9. The van der Waals surface area contributed by atoms with E-state index in [2.05, 4.69) is 30.3 Å². The Bertz CT molecular complexity index is 538. The second kappa shape index (κ2) is 6.61. The first-order valence-corrected chi connectivity index (χ1v) is 6.58. The Labute approximate surface area is 114 Å². The minimum atomic E-state index is -0.0377. The number of rotatable bonds is 5. The van der Waals surface area contributed by atoms with Crippen LogP contribution in [0.15, 0.2) is 54.6 Å². The van der Waals surface area contributed by atoms with Crippen LogP contribution in [0.4, 0.5) is 5.69 Å². The zero-order chi connectivity index (χ0) is 13.5. The van der Waals surface area contributed by atoms with Gasteiger partial charge in [0, 0.05) is 5.69 Å². The van der Waals surface area contributed by atoms with Gasteiger partial charge in [-0.2, -0.15) is 5.26 Å². The maximum Gasteiger partial charge on any atom is 0.0712 e. The summed E-state index contributed by atoms with van der Waals surface area (Å²) in [6.45, 7) is 0. The summed E-state index contributed by atoms with van der Waals surface area (Å²) < 4.78 is 0. The molecule has 0 fully saturated rings. The van der Waals surface area contributed by atoms with E-state index < -0.39 is 0 Å². The van der Waals surface area contributed by atoms with Crippen molar-refractivity contribution in [1.82, 2.24) is 0 Å². The third-order valence-corrected chi connectivity index (χ3v) is 3.30. The molecule has 2 rings (SSSR count). The van der Waals surface area contributed by atoms with Gasteiger partial charge in [0.2, 0.25) is 0 Å². The van der Waals surface area contributed by atoms with Crippen molar-refractivity contribution < 1.29 is 0 Å². The molecule has 1 unspecified atom stereocenters. The Balaban J connectivity index is 1.90. The Morgan fingerprint density at radius 2 is 1.68 bits per heavy atom. The number of hydrogen-bond acceptors (Lipinski definition) is 2. The van der Waals surface area contributed by atoms with E-state index in [1.54, 1.807) is 0 Å². The number of nitrogen functional groups attached to an aromatic ring is 1. The van der Waals surface area contributed by atoms with Crippen molar-refractivity contribution in [2.75, 3.05) is 5.73 Å². The van der Waals surface area contributed by atoms with E-state index in [0.717, 1.165) is 30.5 Å². The molecule has 2 nitrogen and oxygen atoms in total. The van der Waals surface area contributed by atoms with E-state index in [-0.39, 0.29) is 5.92 Å². The number of nitriles is 1. The Morgan fingerprint density at radius 1 is 1.00 bits per heavy atom. The summed E-state index contributed by atoms with van der Waals surface area (Å²) in [5.41, 5.74) is 8.79. The van der Waals surface area contributed by atoms with E-state index in [0.29, 0.717) is 0 Å². The molecule has 0 aliphatic rings. The van der Waals surface area contributed by atoms with Gasteiger partial charge in [0.05, 0.1) is 12.0 Å². The lowest BCUT2D eigenvalue weighted by Crippen LogP contribution is -1.98. The lowest BCUT2D eigenvalue weighted by atomic mass is 9.93. The number of nitrogens with two attached hydrogens (primary N) is 1. The molecule has 19 heavy (non-hydrogen) atoms. The molecule has 0 amide bonds. The molecule has 0 aliphatic heterocycles. The first-order chi connectivity index (χ1) is 9.29. The first-order valence-electron chi connectivity index (χ1n) is 6.58. The van der Waals surface area contributed by atoms with Gasteiger partial charge in [0.15, 0.2) is 0 Å². The minimum Gasteiger partial charge on any atom is -0.399 e. The molecule has 96 valence electrons. The van der Waals surface area contributed by atoms with Crippen LogP contribution in [0.1, 0.15) is 29.9 Å². The van der Waals surface area contributed by atoms with Crippen LogP contribution in [0.25, 0.3) is 0 Å².